The van der Waals surface area contributed by atoms with Gasteiger partial charge in [-0.3, -0.25) is 14.9 Å². The third kappa shape index (κ3) is 3.95. The number of furan rings is 1. The van der Waals surface area contributed by atoms with E-state index in [0.29, 0.717) is 22.1 Å². The number of nitrogens with zero attached hydrogens (tertiary/aromatic N) is 2. The highest BCUT2D eigenvalue weighted by Crippen LogP contribution is 2.25. The Bertz CT molecular complexity index is 1170. The van der Waals surface area contributed by atoms with E-state index < -0.39 is 0 Å². The van der Waals surface area contributed by atoms with Crippen LogP contribution >= 0.6 is 22.7 Å². The number of aromatic nitrogens is 2. The molecular formula is C19H16N4O3S2. The highest BCUT2D eigenvalue weighted by molar-refractivity contribution is 7.18. The fourth-order valence-electron chi connectivity index (χ4n) is 2.72. The summed E-state index contributed by atoms with van der Waals surface area (Å²) in [4.78, 5) is 33.2. The Labute approximate surface area is 168 Å². The molecule has 0 atom stereocenters. The van der Waals surface area contributed by atoms with E-state index in [9.17, 15) is 9.59 Å². The second kappa shape index (κ2) is 7.53. The summed E-state index contributed by atoms with van der Waals surface area (Å²) in [5, 5.41) is 8.78. The van der Waals surface area contributed by atoms with Crippen LogP contribution in [0.5, 0.6) is 0 Å². The molecule has 0 saturated heterocycles. The van der Waals surface area contributed by atoms with E-state index in [2.05, 4.69) is 20.6 Å². The van der Waals surface area contributed by atoms with Crippen LogP contribution < -0.4 is 10.6 Å². The number of hydrogen-bond donors (Lipinski definition) is 2. The van der Waals surface area contributed by atoms with E-state index in [-0.39, 0.29) is 18.2 Å². The van der Waals surface area contributed by atoms with Gasteiger partial charge in [0.25, 0.3) is 5.91 Å². The number of rotatable bonds is 5. The Hall–Kier alpha value is -3.04. The minimum Gasteiger partial charge on any atom is -0.469 e. The average Bonchev–Trinajstić information content (AvgIpc) is 3.34. The van der Waals surface area contributed by atoms with Crippen molar-refractivity contribution in [1.29, 1.82) is 0 Å². The summed E-state index contributed by atoms with van der Waals surface area (Å²) in [5.74, 6) is 0.0842. The molecule has 142 valence electrons. The van der Waals surface area contributed by atoms with Gasteiger partial charge in [-0.2, -0.15) is 0 Å². The van der Waals surface area contributed by atoms with E-state index in [1.165, 1.54) is 17.6 Å². The van der Waals surface area contributed by atoms with Crippen LogP contribution in [0.1, 0.15) is 26.8 Å². The quantitative estimate of drug-likeness (QED) is 0.506. The van der Waals surface area contributed by atoms with E-state index in [1.54, 1.807) is 29.7 Å². The SMILES string of the molecule is Cc1nc2ccc(NC(=O)Cc3csc(NC(=O)c4ccoc4C)n3)cc2s1. The van der Waals surface area contributed by atoms with Crippen LogP contribution in [0, 0.1) is 13.8 Å². The molecule has 28 heavy (non-hydrogen) atoms. The highest BCUT2D eigenvalue weighted by atomic mass is 32.1. The molecule has 0 fully saturated rings. The number of aryl methyl sites for hydroxylation is 2. The summed E-state index contributed by atoms with van der Waals surface area (Å²) < 4.78 is 6.16. The van der Waals surface area contributed by atoms with E-state index in [0.717, 1.165) is 20.9 Å². The van der Waals surface area contributed by atoms with Crippen molar-refractivity contribution in [2.24, 2.45) is 0 Å². The monoisotopic (exact) mass is 412 g/mol. The van der Waals surface area contributed by atoms with Gasteiger partial charge in [0.1, 0.15) is 5.76 Å². The Balaban J connectivity index is 1.38. The molecule has 0 saturated carbocycles. The first-order chi connectivity index (χ1) is 13.5. The molecule has 2 amide bonds. The number of hydrogen-bond acceptors (Lipinski definition) is 7. The third-order valence-electron chi connectivity index (χ3n) is 4.00. The molecule has 3 aromatic heterocycles. The van der Waals surface area contributed by atoms with Gasteiger partial charge in [-0.05, 0) is 38.1 Å². The summed E-state index contributed by atoms with van der Waals surface area (Å²) in [5.41, 5.74) is 2.70. The molecule has 9 heteroatoms. The molecule has 0 aliphatic heterocycles. The Morgan fingerprint density at radius 3 is 2.79 bits per heavy atom. The topological polar surface area (TPSA) is 97.1 Å². The molecule has 1 aromatic carbocycles. The van der Waals surface area contributed by atoms with Crippen molar-refractivity contribution in [1.82, 2.24) is 9.97 Å². The number of carbonyl (C=O) groups excluding carboxylic acids is 2. The summed E-state index contributed by atoms with van der Waals surface area (Å²) in [6, 6.07) is 7.24. The number of fused-ring (bicyclic) bond motifs is 1. The number of benzene rings is 1. The minimum atomic E-state index is -0.287. The maximum atomic E-state index is 12.3. The molecule has 0 radical (unpaired) electrons. The molecule has 2 N–H and O–H groups in total. The average molecular weight is 412 g/mol. The summed E-state index contributed by atoms with van der Waals surface area (Å²) >= 11 is 2.86. The molecule has 4 aromatic rings. The van der Waals surface area contributed by atoms with Crippen LogP contribution in [0.3, 0.4) is 0 Å². The van der Waals surface area contributed by atoms with Crippen LogP contribution in [0.25, 0.3) is 10.2 Å². The molecular weight excluding hydrogens is 396 g/mol. The summed E-state index contributed by atoms with van der Waals surface area (Å²) in [7, 11) is 0. The predicted octanol–water partition coefficient (Wildman–Crippen LogP) is 4.40. The molecule has 0 aliphatic rings. The Morgan fingerprint density at radius 1 is 1.14 bits per heavy atom. The first kappa shape index (κ1) is 18.3. The maximum Gasteiger partial charge on any atom is 0.260 e. The molecule has 4 rings (SSSR count). The van der Waals surface area contributed by atoms with Gasteiger partial charge in [0.05, 0.1) is 39.2 Å². The Kier molecular flexibility index (Phi) is 4.93. The van der Waals surface area contributed by atoms with Crippen LogP contribution in [0.15, 0.2) is 40.3 Å². The number of amides is 2. The second-order valence-corrected chi connectivity index (χ2v) is 8.22. The zero-order valence-electron chi connectivity index (χ0n) is 15.1. The van der Waals surface area contributed by atoms with Gasteiger partial charge in [0, 0.05) is 11.1 Å². The normalized spacial score (nSPS) is 10.9. The first-order valence-corrected chi connectivity index (χ1v) is 10.1. The smallest absolute Gasteiger partial charge is 0.260 e. The van der Waals surface area contributed by atoms with E-state index in [4.69, 9.17) is 4.42 Å². The van der Waals surface area contributed by atoms with Crippen LogP contribution in [-0.4, -0.2) is 21.8 Å². The van der Waals surface area contributed by atoms with E-state index in [1.807, 2.05) is 25.1 Å². The van der Waals surface area contributed by atoms with Crippen molar-refractivity contribution >= 4 is 55.5 Å². The van der Waals surface area contributed by atoms with Crippen molar-refractivity contribution in [3.05, 3.63) is 57.9 Å². The van der Waals surface area contributed by atoms with Gasteiger partial charge in [-0.15, -0.1) is 22.7 Å². The third-order valence-corrected chi connectivity index (χ3v) is 5.74. The first-order valence-electron chi connectivity index (χ1n) is 8.45. The molecule has 7 nitrogen and oxygen atoms in total. The summed E-state index contributed by atoms with van der Waals surface area (Å²) in [6.07, 6.45) is 1.59. The minimum absolute atomic E-state index is 0.122. The zero-order chi connectivity index (χ0) is 19.7. The van der Waals surface area contributed by atoms with Crippen molar-refractivity contribution in [2.75, 3.05) is 10.6 Å². The van der Waals surface area contributed by atoms with Gasteiger partial charge >= 0.3 is 0 Å². The van der Waals surface area contributed by atoms with Crippen molar-refractivity contribution in [2.45, 2.75) is 20.3 Å². The number of anilines is 2. The predicted molar refractivity (Wildman–Crippen MR) is 110 cm³/mol. The molecule has 0 bridgehead atoms. The number of nitrogens with one attached hydrogen (secondary N) is 2. The van der Waals surface area contributed by atoms with Crippen molar-refractivity contribution < 1.29 is 14.0 Å². The van der Waals surface area contributed by atoms with Crippen molar-refractivity contribution in [3.63, 3.8) is 0 Å². The Morgan fingerprint density at radius 2 is 2.00 bits per heavy atom. The second-order valence-electron chi connectivity index (χ2n) is 6.13. The van der Waals surface area contributed by atoms with Gasteiger partial charge in [-0.25, -0.2) is 9.97 Å². The standard InChI is InChI=1S/C19H16N4O3S2/c1-10-14(5-6-26-10)18(25)23-19-22-13(9-27-19)8-17(24)21-12-3-4-15-16(7-12)28-11(2)20-15/h3-7,9H,8H2,1-2H3,(H,21,24)(H,22,23,25). The molecule has 0 spiro atoms. The van der Waals surface area contributed by atoms with Crippen molar-refractivity contribution in [3.8, 4) is 0 Å². The summed E-state index contributed by atoms with van der Waals surface area (Å²) in [6.45, 7) is 3.67. The lowest BCUT2D eigenvalue weighted by Crippen LogP contribution is -2.15. The van der Waals surface area contributed by atoms with Gasteiger partial charge < -0.3 is 9.73 Å². The lowest BCUT2D eigenvalue weighted by atomic mass is 10.2. The zero-order valence-corrected chi connectivity index (χ0v) is 16.7. The fraction of sp³-hybridized carbons (Fsp3) is 0.158. The maximum absolute atomic E-state index is 12.3. The van der Waals surface area contributed by atoms with Gasteiger partial charge in [-0.1, -0.05) is 0 Å². The van der Waals surface area contributed by atoms with Crippen LogP contribution in [0.2, 0.25) is 0 Å². The van der Waals surface area contributed by atoms with E-state index >= 15 is 0 Å². The highest BCUT2D eigenvalue weighted by Gasteiger charge is 2.14. The van der Waals surface area contributed by atoms with Gasteiger partial charge in [0.2, 0.25) is 5.91 Å². The van der Waals surface area contributed by atoms with Gasteiger partial charge in [0.15, 0.2) is 5.13 Å². The van der Waals surface area contributed by atoms with Crippen LogP contribution in [-0.2, 0) is 11.2 Å². The lowest BCUT2D eigenvalue weighted by molar-refractivity contribution is -0.115. The fourth-order valence-corrected chi connectivity index (χ4v) is 4.29. The molecule has 0 unspecified atom stereocenters. The lowest BCUT2D eigenvalue weighted by Gasteiger charge is -2.04. The number of thiazole rings is 2. The van der Waals surface area contributed by atoms with Crippen LogP contribution in [0.4, 0.5) is 10.8 Å². The largest absolute Gasteiger partial charge is 0.469 e. The molecule has 3 heterocycles. The number of carbonyl (C=O) groups is 2. The molecule has 0 aliphatic carbocycles.